The molecule has 1 aliphatic rings. The summed E-state index contributed by atoms with van der Waals surface area (Å²) in [6, 6.07) is 7.49. The number of ether oxygens (including phenoxy) is 2. The van der Waals surface area contributed by atoms with Crippen LogP contribution in [0.15, 0.2) is 34.2 Å². The number of benzene rings is 1. The molecule has 0 aliphatic carbocycles. The van der Waals surface area contributed by atoms with Crippen molar-refractivity contribution < 1.29 is 14.0 Å². The lowest BCUT2D eigenvalue weighted by atomic mass is 10.2. The molecule has 4 rings (SSSR count). The Balaban J connectivity index is 1.49. The number of hydrogen-bond acceptors (Lipinski definition) is 7. The van der Waals surface area contributed by atoms with Crippen molar-refractivity contribution >= 4 is 28.6 Å². The lowest BCUT2D eigenvalue weighted by Gasteiger charge is -2.12. The third-order valence-electron chi connectivity index (χ3n) is 3.48. The number of nitrogens with one attached hydrogen (secondary N) is 1. The maximum atomic E-state index is 6.30. The first-order chi connectivity index (χ1) is 11.8. The van der Waals surface area contributed by atoms with Crippen molar-refractivity contribution in [2.75, 3.05) is 18.5 Å². The van der Waals surface area contributed by atoms with Crippen LogP contribution in [0.2, 0.25) is 5.02 Å². The lowest BCUT2D eigenvalue weighted by Crippen LogP contribution is -2.01. The molecule has 0 saturated carbocycles. The maximum Gasteiger partial charge on any atom is 0.246 e. The molecule has 0 saturated heterocycles. The number of rotatable bonds is 4. The highest BCUT2D eigenvalue weighted by Gasteiger charge is 2.15. The van der Waals surface area contributed by atoms with Crippen LogP contribution in [0.3, 0.4) is 0 Å². The summed E-state index contributed by atoms with van der Waals surface area (Å²) in [4.78, 5) is 5.34. The Labute approximate surface area is 147 Å². The Kier molecular flexibility index (Phi) is 4.27. The molecule has 124 valence electrons. The highest BCUT2D eigenvalue weighted by Crippen LogP contribution is 2.37. The quantitative estimate of drug-likeness (QED) is 0.748. The largest absolute Gasteiger partial charge is 0.490 e. The topological polar surface area (TPSA) is 69.4 Å². The van der Waals surface area contributed by atoms with Gasteiger partial charge in [-0.25, -0.2) is 0 Å². The van der Waals surface area contributed by atoms with E-state index in [1.807, 2.05) is 23.6 Å². The summed E-state index contributed by atoms with van der Waals surface area (Å²) < 4.78 is 16.6. The monoisotopic (exact) mass is 363 g/mol. The van der Waals surface area contributed by atoms with Crippen molar-refractivity contribution in [3.8, 4) is 22.2 Å². The molecule has 1 aromatic carbocycles. The van der Waals surface area contributed by atoms with Gasteiger partial charge in [0.25, 0.3) is 0 Å². The van der Waals surface area contributed by atoms with E-state index in [0.717, 1.165) is 17.0 Å². The maximum absolute atomic E-state index is 6.30. The highest BCUT2D eigenvalue weighted by atomic mass is 35.5. The standard InChI is InChI=1S/C16H14ClN3O3S/c17-10-7-12-13(22-5-2-4-21-12)8-11(10)18-9-15-19-16(20-23-15)14-3-1-6-24-14/h1,3,6-8,18H,2,4-5,9H2. The zero-order chi connectivity index (χ0) is 16.4. The average Bonchev–Trinajstić information content (AvgIpc) is 3.21. The molecule has 2 aromatic heterocycles. The second-order valence-corrected chi connectivity index (χ2v) is 6.53. The van der Waals surface area contributed by atoms with Gasteiger partial charge in [0.05, 0.1) is 35.3 Å². The van der Waals surface area contributed by atoms with Gasteiger partial charge < -0.3 is 19.3 Å². The smallest absolute Gasteiger partial charge is 0.246 e. The number of thiophene rings is 1. The second-order valence-electron chi connectivity index (χ2n) is 5.17. The fraction of sp³-hybridized carbons (Fsp3) is 0.250. The minimum absolute atomic E-state index is 0.373. The van der Waals surface area contributed by atoms with E-state index in [1.165, 1.54) is 0 Å². The number of fused-ring (bicyclic) bond motifs is 1. The Morgan fingerprint density at radius 2 is 2.04 bits per heavy atom. The normalized spacial score (nSPS) is 13.5. The zero-order valence-electron chi connectivity index (χ0n) is 12.6. The summed E-state index contributed by atoms with van der Waals surface area (Å²) in [7, 11) is 0. The van der Waals surface area contributed by atoms with Gasteiger partial charge in [-0.15, -0.1) is 11.3 Å². The van der Waals surface area contributed by atoms with Crippen LogP contribution >= 0.6 is 22.9 Å². The van der Waals surface area contributed by atoms with Crippen LogP contribution in [0.1, 0.15) is 12.3 Å². The number of anilines is 1. The van der Waals surface area contributed by atoms with Gasteiger partial charge in [-0.2, -0.15) is 4.98 Å². The SMILES string of the molecule is Clc1cc2c(cc1NCc1nc(-c3cccs3)no1)OCCCO2. The van der Waals surface area contributed by atoms with Gasteiger partial charge in [0.2, 0.25) is 11.7 Å². The van der Waals surface area contributed by atoms with Crippen LogP contribution in [-0.2, 0) is 6.54 Å². The summed E-state index contributed by atoms with van der Waals surface area (Å²) in [6.07, 6.45) is 0.850. The molecule has 0 atom stereocenters. The first-order valence-corrected chi connectivity index (χ1v) is 8.75. The van der Waals surface area contributed by atoms with E-state index in [9.17, 15) is 0 Å². The van der Waals surface area contributed by atoms with Crippen LogP contribution in [0, 0.1) is 0 Å². The van der Waals surface area contributed by atoms with Crippen molar-refractivity contribution in [3.05, 3.63) is 40.6 Å². The summed E-state index contributed by atoms with van der Waals surface area (Å²) in [6.45, 7) is 1.63. The summed E-state index contributed by atoms with van der Waals surface area (Å²) in [5.41, 5.74) is 0.733. The van der Waals surface area contributed by atoms with Gasteiger partial charge in [0.15, 0.2) is 11.5 Å². The van der Waals surface area contributed by atoms with Crippen LogP contribution in [-0.4, -0.2) is 23.4 Å². The minimum Gasteiger partial charge on any atom is -0.490 e. The molecule has 0 amide bonds. The molecule has 3 aromatic rings. The zero-order valence-corrected chi connectivity index (χ0v) is 14.2. The van der Waals surface area contributed by atoms with Gasteiger partial charge in [0, 0.05) is 18.6 Å². The number of nitrogens with zero attached hydrogens (tertiary/aromatic N) is 2. The van der Waals surface area contributed by atoms with Crippen LogP contribution in [0.4, 0.5) is 5.69 Å². The van der Waals surface area contributed by atoms with Crippen molar-refractivity contribution in [1.29, 1.82) is 0 Å². The van der Waals surface area contributed by atoms with Crippen molar-refractivity contribution in [3.63, 3.8) is 0 Å². The Hall–Kier alpha value is -2.25. The van der Waals surface area contributed by atoms with Crippen molar-refractivity contribution in [1.82, 2.24) is 10.1 Å². The van der Waals surface area contributed by atoms with Crippen LogP contribution in [0.5, 0.6) is 11.5 Å². The van der Waals surface area contributed by atoms with Crippen molar-refractivity contribution in [2.24, 2.45) is 0 Å². The van der Waals surface area contributed by atoms with E-state index in [1.54, 1.807) is 17.4 Å². The third kappa shape index (κ3) is 3.18. The van der Waals surface area contributed by atoms with Gasteiger partial charge in [-0.05, 0) is 11.4 Å². The number of hydrogen-bond donors (Lipinski definition) is 1. The van der Waals surface area contributed by atoms with Gasteiger partial charge in [-0.1, -0.05) is 22.8 Å². The van der Waals surface area contributed by atoms with E-state index < -0.39 is 0 Å². The summed E-state index contributed by atoms with van der Waals surface area (Å²) >= 11 is 7.87. The lowest BCUT2D eigenvalue weighted by molar-refractivity contribution is 0.297. The van der Waals surface area contributed by atoms with Gasteiger partial charge in [0.1, 0.15) is 0 Å². The van der Waals surface area contributed by atoms with Crippen molar-refractivity contribution in [2.45, 2.75) is 13.0 Å². The molecule has 0 fully saturated rings. The predicted octanol–water partition coefficient (Wildman–Crippen LogP) is 4.22. The third-order valence-corrected chi connectivity index (χ3v) is 4.66. The molecule has 0 spiro atoms. The minimum atomic E-state index is 0.373. The van der Waals surface area contributed by atoms with E-state index >= 15 is 0 Å². The molecule has 3 heterocycles. The van der Waals surface area contributed by atoms with Gasteiger partial charge >= 0.3 is 0 Å². The van der Waals surface area contributed by atoms with Crippen LogP contribution in [0.25, 0.3) is 10.7 Å². The first kappa shape index (κ1) is 15.3. The highest BCUT2D eigenvalue weighted by molar-refractivity contribution is 7.13. The molecule has 6 nitrogen and oxygen atoms in total. The van der Waals surface area contributed by atoms with E-state index in [4.69, 9.17) is 25.6 Å². The van der Waals surface area contributed by atoms with E-state index in [2.05, 4.69) is 15.5 Å². The first-order valence-electron chi connectivity index (χ1n) is 7.49. The molecule has 0 radical (unpaired) electrons. The molecular weight excluding hydrogens is 350 g/mol. The molecule has 1 aliphatic heterocycles. The Morgan fingerprint density at radius 1 is 1.21 bits per heavy atom. The molecule has 0 unspecified atom stereocenters. The van der Waals surface area contributed by atoms with Gasteiger partial charge in [-0.3, -0.25) is 0 Å². The summed E-state index contributed by atoms with van der Waals surface area (Å²) in [5, 5.41) is 9.71. The Morgan fingerprint density at radius 3 is 2.83 bits per heavy atom. The summed E-state index contributed by atoms with van der Waals surface area (Å²) in [5.74, 6) is 2.43. The number of halogens is 1. The van der Waals surface area contributed by atoms with E-state index in [-0.39, 0.29) is 0 Å². The molecule has 0 bridgehead atoms. The fourth-order valence-corrected chi connectivity index (χ4v) is 3.19. The Bertz CT molecular complexity index is 835. The van der Waals surface area contributed by atoms with Crippen LogP contribution < -0.4 is 14.8 Å². The molecule has 8 heteroatoms. The molecular formula is C16H14ClN3O3S. The number of aromatic nitrogens is 2. The van der Waals surface area contributed by atoms with E-state index in [0.29, 0.717) is 48.0 Å². The fourth-order valence-electron chi connectivity index (χ4n) is 2.32. The molecule has 1 N–H and O–H groups in total. The predicted molar refractivity (Wildman–Crippen MR) is 92.0 cm³/mol. The second kappa shape index (κ2) is 6.70. The molecule has 24 heavy (non-hydrogen) atoms. The average molecular weight is 364 g/mol.